The van der Waals surface area contributed by atoms with Gasteiger partial charge in [-0.15, -0.1) is 0 Å². The molecule has 0 atom stereocenters. The monoisotopic (exact) mass is 364 g/mol. The summed E-state index contributed by atoms with van der Waals surface area (Å²) >= 11 is 0. The number of methoxy groups -OCH3 is 1. The SMILES string of the molecule is CCN(CC)CCN=C1CC(c2ccc(OC)cc2)=Nc2ccccc2N1. The minimum atomic E-state index is 0.680. The predicted octanol–water partition coefficient (Wildman–Crippen LogP) is 4.37. The van der Waals surface area contributed by atoms with Gasteiger partial charge in [-0.1, -0.05) is 26.0 Å². The number of ether oxygens (including phenoxy) is 1. The first-order valence-corrected chi connectivity index (χ1v) is 9.57. The van der Waals surface area contributed by atoms with Gasteiger partial charge < -0.3 is 15.0 Å². The van der Waals surface area contributed by atoms with E-state index in [1.165, 1.54) is 0 Å². The molecule has 0 fully saturated rings. The minimum Gasteiger partial charge on any atom is -0.497 e. The van der Waals surface area contributed by atoms with Gasteiger partial charge in [0.05, 0.1) is 30.7 Å². The highest BCUT2D eigenvalue weighted by molar-refractivity contribution is 6.18. The van der Waals surface area contributed by atoms with Crippen molar-refractivity contribution in [2.24, 2.45) is 9.98 Å². The number of likely N-dealkylation sites (N-methyl/N-ethyl adjacent to an activating group) is 1. The number of aliphatic imine (C=N–C) groups is 2. The van der Waals surface area contributed by atoms with Gasteiger partial charge in [-0.2, -0.15) is 0 Å². The number of hydrogen-bond acceptors (Lipinski definition) is 4. The highest BCUT2D eigenvalue weighted by atomic mass is 16.5. The number of hydrogen-bond donors (Lipinski definition) is 1. The topological polar surface area (TPSA) is 49.2 Å². The molecule has 3 rings (SSSR count). The fraction of sp³-hybridized carbons (Fsp3) is 0.364. The second-order valence-corrected chi connectivity index (χ2v) is 6.46. The normalized spacial score (nSPS) is 15.1. The third-order valence-electron chi connectivity index (χ3n) is 4.81. The zero-order chi connectivity index (χ0) is 19.1. The summed E-state index contributed by atoms with van der Waals surface area (Å²) in [4.78, 5) is 12.1. The molecule has 0 saturated carbocycles. The van der Waals surface area contributed by atoms with E-state index >= 15 is 0 Å². The molecule has 0 radical (unpaired) electrons. The van der Waals surface area contributed by atoms with Crippen LogP contribution in [0.15, 0.2) is 58.5 Å². The third-order valence-corrected chi connectivity index (χ3v) is 4.81. The van der Waals surface area contributed by atoms with Gasteiger partial charge in [0, 0.05) is 13.0 Å². The molecule has 142 valence electrons. The van der Waals surface area contributed by atoms with Crippen molar-refractivity contribution in [1.29, 1.82) is 0 Å². The average molecular weight is 364 g/mol. The van der Waals surface area contributed by atoms with E-state index in [-0.39, 0.29) is 0 Å². The molecule has 0 unspecified atom stereocenters. The number of rotatable bonds is 7. The zero-order valence-corrected chi connectivity index (χ0v) is 16.4. The van der Waals surface area contributed by atoms with E-state index in [4.69, 9.17) is 14.7 Å². The summed E-state index contributed by atoms with van der Waals surface area (Å²) in [6.45, 7) is 8.22. The Morgan fingerprint density at radius 2 is 1.81 bits per heavy atom. The molecule has 1 aliphatic rings. The molecule has 1 heterocycles. The van der Waals surface area contributed by atoms with Crippen LogP contribution in [0.1, 0.15) is 25.8 Å². The highest BCUT2D eigenvalue weighted by Crippen LogP contribution is 2.29. The zero-order valence-electron chi connectivity index (χ0n) is 16.4. The lowest BCUT2D eigenvalue weighted by atomic mass is 10.1. The Hall–Kier alpha value is -2.66. The summed E-state index contributed by atoms with van der Waals surface area (Å²) in [5.74, 6) is 1.81. The van der Waals surface area contributed by atoms with Gasteiger partial charge in [0.2, 0.25) is 0 Å². The van der Waals surface area contributed by atoms with Crippen molar-refractivity contribution in [2.45, 2.75) is 20.3 Å². The molecular formula is C22H28N4O. The van der Waals surface area contributed by atoms with Crippen LogP contribution >= 0.6 is 0 Å². The summed E-state index contributed by atoms with van der Waals surface area (Å²) in [6.07, 6.45) is 0.680. The molecule has 0 saturated heterocycles. The van der Waals surface area contributed by atoms with Crippen LogP contribution in [0, 0.1) is 0 Å². The first-order valence-electron chi connectivity index (χ1n) is 9.57. The summed E-state index contributed by atoms with van der Waals surface area (Å²) in [5, 5.41) is 3.48. The maximum absolute atomic E-state index is 5.27. The molecule has 1 N–H and O–H groups in total. The van der Waals surface area contributed by atoms with Crippen LogP contribution in [0.2, 0.25) is 0 Å². The smallest absolute Gasteiger partial charge is 0.118 e. The van der Waals surface area contributed by atoms with E-state index < -0.39 is 0 Å². The summed E-state index contributed by atoms with van der Waals surface area (Å²) < 4.78 is 5.27. The molecular weight excluding hydrogens is 336 g/mol. The second kappa shape index (κ2) is 9.33. The van der Waals surface area contributed by atoms with Gasteiger partial charge in [-0.3, -0.25) is 9.98 Å². The number of nitrogens with zero attached hydrogens (tertiary/aromatic N) is 3. The number of para-hydroxylation sites is 2. The van der Waals surface area contributed by atoms with Crippen LogP contribution in [0.25, 0.3) is 0 Å². The average Bonchev–Trinajstić information content (AvgIpc) is 2.90. The van der Waals surface area contributed by atoms with E-state index in [9.17, 15) is 0 Å². The van der Waals surface area contributed by atoms with Gasteiger partial charge in [-0.25, -0.2) is 0 Å². The fourth-order valence-electron chi connectivity index (χ4n) is 3.13. The summed E-state index contributed by atoms with van der Waals surface area (Å²) in [5.41, 5.74) is 4.04. The summed E-state index contributed by atoms with van der Waals surface area (Å²) in [7, 11) is 1.68. The molecule has 0 spiro atoms. The van der Waals surface area contributed by atoms with Crippen molar-refractivity contribution in [3.63, 3.8) is 0 Å². The van der Waals surface area contributed by atoms with Crippen LogP contribution < -0.4 is 10.1 Å². The Bertz CT molecular complexity index is 807. The molecule has 1 aliphatic heterocycles. The van der Waals surface area contributed by atoms with Crippen LogP contribution in [0.4, 0.5) is 11.4 Å². The molecule has 0 amide bonds. The number of nitrogens with one attached hydrogen (secondary N) is 1. The lowest BCUT2D eigenvalue weighted by molar-refractivity contribution is 0.313. The van der Waals surface area contributed by atoms with Gasteiger partial charge in [-0.05, 0) is 55.1 Å². The van der Waals surface area contributed by atoms with Crippen molar-refractivity contribution < 1.29 is 4.74 Å². The Morgan fingerprint density at radius 1 is 1.07 bits per heavy atom. The number of amidine groups is 1. The van der Waals surface area contributed by atoms with Gasteiger partial charge in [0.1, 0.15) is 11.6 Å². The van der Waals surface area contributed by atoms with Gasteiger partial charge in [0.25, 0.3) is 0 Å². The maximum Gasteiger partial charge on any atom is 0.118 e. The van der Waals surface area contributed by atoms with E-state index in [2.05, 4.69) is 42.3 Å². The first-order chi connectivity index (χ1) is 13.2. The summed E-state index contributed by atoms with van der Waals surface area (Å²) in [6, 6.07) is 16.2. The third kappa shape index (κ3) is 4.95. The number of fused-ring (bicyclic) bond motifs is 1. The molecule has 27 heavy (non-hydrogen) atoms. The van der Waals surface area contributed by atoms with E-state index in [0.29, 0.717) is 6.42 Å². The molecule has 2 aromatic carbocycles. The molecule has 5 nitrogen and oxygen atoms in total. The lowest BCUT2D eigenvalue weighted by Gasteiger charge is -2.17. The van der Waals surface area contributed by atoms with Crippen molar-refractivity contribution in [3.05, 3.63) is 54.1 Å². The molecule has 2 aromatic rings. The van der Waals surface area contributed by atoms with Crippen LogP contribution in [-0.4, -0.2) is 49.7 Å². The molecule has 0 bridgehead atoms. The lowest BCUT2D eigenvalue weighted by Crippen LogP contribution is -2.26. The number of anilines is 1. The first kappa shape index (κ1) is 19.1. The van der Waals surface area contributed by atoms with Crippen molar-refractivity contribution >= 4 is 22.9 Å². The fourth-order valence-corrected chi connectivity index (χ4v) is 3.13. The quantitative estimate of drug-likeness (QED) is 0.793. The molecule has 0 aromatic heterocycles. The van der Waals surface area contributed by atoms with Crippen molar-refractivity contribution in [2.75, 3.05) is 38.6 Å². The van der Waals surface area contributed by atoms with Crippen LogP contribution in [-0.2, 0) is 0 Å². The second-order valence-electron chi connectivity index (χ2n) is 6.46. The van der Waals surface area contributed by atoms with E-state index in [0.717, 1.165) is 60.4 Å². The van der Waals surface area contributed by atoms with Crippen molar-refractivity contribution in [3.8, 4) is 5.75 Å². The molecule has 0 aliphatic carbocycles. The molecule has 5 heteroatoms. The highest BCUT2D eigenvalue weighted by Gasteiger charge is 2.16. The van der Waals surface area contributed by atoms with Crippen molar-refractivity contribution in [1.82, 2.24) is 4.90 Å². The Morgan fingerprint density at radius 3 is 2.52 bits per heavy atom. The van der Waals surface area contributed by atoms with Crippen LogP contribution in [0.5, 0.6) is 5.75 Å². The predicted molar refractivity (Wildman–Crippen MR) is 114 cm³/mol. The number of benzene rings is 2. The van der Waals surface area contributed by atoms with E-state index in [1.807, 2.05) is 30.3 Å². The Kier molecular flexibility index (Phi) is 6.60. The Labute approximate surface area is 161 Å². The largest absolute Gasteiger partial charge is 0.497 e. The Balaban J connectivity index is 1.86. The van der Waals surface area contributed by atoms with E-state index in [1.54, 1.807) is 7.11 Å². The van der Waals surface area contributed by atoms with Crippen LogP contribution in [0.3, 0.4) is 0 Å². The maximum atomic E-state index is 5.27. The van der Waals surface area contributed by atoms with Gasteiger partial charge in [0.15, 0.2) is 0 Å². The minimum absolute atomic E-state index is 0.680. The van der Waals surface area contributed by atoms with Gasteiger partial charge >= 0.3 is 0 Å². The standard InChI is InChI=1S/C22H28N4O/c1-4-26(5-2)15-14-23-22-16-21(17-10-12-18(27-3)13-11-17)24-19-8-6-7-9-20(19)25-22/h6-13H,4-5,14-16H2,1-3H3,(H,23,25).